The minimum atomic E-state index is -0.793. The molecule has 0 bridgehead atoms. The molecule has 0 atom stereocenters. The molecular weight excluding hydrogens is 220 g/mol. The molecule has 0 saturated heterocycles. The van der Waals surface area contributed by atoms with E-state index in [1.165, 1.54) is 0 Å². The maximum atomic E-state index is 10.8. The summed E-state index contributed by atoms with van der Waals surface area (Å²) in [5.74, 6) is -1.02. The Morgan fingerprint density at radius 1 is 1.35 bits per heavy atom. The van der Waals surface area contributed by atoms with Crippen molar-refractivity contribution in [2.75, 3.05) is 13.2 Å². The highest BCUT2D eigenvalue weighted by molar-refractivity contribution is 5.70. The van der Waals surface area contributed by atoms with Gasteiger partial charge < -0.3 is 14.9 Å². The van der Waals surface area contributed by atoms with Crippen LogP contribution in [0.15, 0.2) is 0 Å². The van der Waals surface area contributed by atoms with Gasteiger partial charge in [-0.2, -0.15) is 0 Å². The second kappa shape index (κ2) is 6.97. The molecule has 2 N–H and O–H groups in total. The van der Waals surface area contributed by atoms with E-state index in [0.717, 1.165) is 19.3 Å². The lowest BCUT2D eigenvalue weighted by molar-refractivity contribution is -0.146. The summed E-state index contributed by atoms with van der Waals surface area (Å²) in [4.78, 5) is 10.8. The average Bonchev–Trinajstić information content (AvgIpc) is 2.29. The maximum Gasteiger partial charge on any atom is 0.306 e. The molecule has 1 fully saturated rings. The van der Waals surface area contributed by atoms with Gasteiger partial charge in [0.05, 0.1) is 18.1 Å². The molecule has 0 aliphatic heterocycles. The van der Waals surface area contributed by atoms with Gasteiger partial charge in [0, 0.05) is 6.61 Å². The molecule has 4 nitrogen and oxygen atoms in total. The van der Waals surface area contributed by atoms with E-state index in [2.05, 4.69) is 6.92 Å². The Morgan fingerprint density at radius 2 is 2.00 bits per heavy atom. The third-order valence-corrected chi connectivity index (χ3v) is 3.53. The Bertz CT molecular complexity index is 232. The molecule has 1 saturated carbocycles. The van der Waals surface area contributed by atoms with Gasteiger partial charge in [-0.1, -0.05) is 19.8 Å². The van der Waals surface area contributed by atoms with Gasteiger partial charge in [-0.05, 0) is 32.1 Å². The van der Waals surface area contributed by atoms with Gasteiger partial charge >= 0.3 is 5.97 Å². The lowest BCUT2D eigenvalue weighted by Gasteiger charge is -2.34. The summed E-state index contributed by atoms with van der Waals surface area (Å²) < 4.78 is 5.48. The number of unbranched alkanes of at least 4 members (excludes halogenated alkanes) is 2. The Hall–Kier alpha value is -0.610. The zero-order chi connectivity index (χ0) is 12.7. The third-order valence-electron chi connectivity index (χ3n) is 3.53. The molecule has 0 heterocycles. The Labute approximate surface area is 103 Å². The topological polar surface area (TPSA) is 66.8 Å². The molecule has 0 aromatic rings. The fourth-order valence-electron chi connectivity index (χ4n) is 2.26. The molecule has 17 heavy (non-hydrogen) atoms. The zero-order valence-corrected chi connectivity index (χ0v) is 10.7. The highest BCUT2D eigenvalue weighted by atomic mass is 16.5. The highest BCUT2D eigenvalue weighted by Gasteiger charge is 2.35. The number of carboxylic acids is 1. The van der Waals surface area contributed by atoms with Crippen LogP contribution in [0.3, 0.4) is 0 Å². The fraction of sp³-hybridized carbons (Fsp3) is 0.923. The van der Waals surface area contributed by atoms with Crippen LogP contribution in [-0.2, 0) is 9.53 Å². The van der Waals surface area contributed by atoms with Gasteiger partial charge in [-0.15, -0.1) is 0 Å². The van der Waals surface area contributed by atoms with E-state index in [0.29, 0.717) is 38.9 Å². The van der Waals surface area contributed by atoms with Crippen molar-refractivity contribution >= 4 is 5.97 Å². The van der Waals surface area contributed by atoms with E-state index in [9.17, 15) is 9.90 Å². The lowest BCUT2D eigenvalue weighted by Crippen LogP contribution is -2.40. The van der Waals surface area contributed by atoms with Crippen LogP contribution in [0.25, 0.3) is 0 Å². The molecule has 0 amide bonds. The van der Waals surface area contributed by atoms with Crippen molar-refractivity contribution in [3.8, 4) is 0 Å². The van der Waals surface area contributed by atoms with Crippen LogP contribution in [0.5, 0.6) is 0 Å². The van der Waals surface area contributed by atoms with Crippen LogP contribution in [0.4, 0.5) is 0 Å². The Kier molecular flexibility index (Phi) is 5.92. The van der Waals surface area contributed by atoms with Gasteiger partial charge in [-0.25, -0.2) is 0 Å². The summed E-state index contributed by atoms with van der Waals surface area (Å²) in [5.41, 5.74) is -0.793. The van der Waals surface area contributed by atoms with E-state index in [-0.39, 0.29) is 5.92 Å². The molecule has 0 spiro atoms. The number of rotatable bonds is 7. The summed E-state index contributed by atoms with van der Waals surface area (Å²) >= 11 is 0. The second-order valence-corrected chi connectivity index (χ2v) is 5.10. The van der Waals surface area contributed by atoms with Crippen molar-refractivity contribution < 1.29 is 19.7 Å². The van der Waals surface area contributed by atoms with Crippen LogP contribution < -0.4 is 0 Å². The van der Waals surface area contributed by atoms with Gasteiger partial charge in [0.2, 0.25) is 0 Å². The van der Waals surface area contributed by atoms with Crippen LogP contribution in [0.1, 0.15) is 51.9 Å². The monoisotopic (exact) mass is 244 g/mol. The van der Waals surface area contributed by atoms with Crippen molar-refractivity contribution in [2.45, 2.75) is 57.5 Å². The number of carboxylic acid groups (broad SMARTS) is 1. The molecule has 1 aliphatic rings. The molecule has 0 radical (unpaired) electrons. The van der Waals surface area contributed by atoms with Crippen molar-refractivity contribution in [1.82, 2.24) is 0 Å². The fourth-order valence-corrected chi connectivity index (χ4v) is 2.26. The molecule has 0 unspecified atom stereocenters. The van der Waals surface area contributed by atoms with Crippen LogP contribution in [0.2, 0.25) is 0 Å². The van der Waals surface area contributed by atoms with Gasteiger partial charge in [0.1, 0.15) is 0 Å². The summed E-state index contributed by atoms with van der Waals surface area (Å²) in [6.45, 7) is 3.18. The standard InChI is InChI=1S/C13H24O4/c1-2-3-4-9-17-10-13(16)7-5-11(6-8-13)12(14)15/h11,16H,2-10H2,1H3,(H,14,15). The van der Waals surface area contributed by atoms with Gasteiger partial charge in [0.25, 0.3) is 0 Å². The van der Waals surface area contributed by atoms with E-state index in [1.807, 2.05) is 0 Å². The largest absolute Gasteiger partial charge is 0.481 e. The first kappa shape index (κ1) is 14.5. The number of aliphatic hydroxyl groups is 1. The summed E-state index contributed by atoms with van der Waals surface area (Å²) in [7, 11) is 0. The summed E-state index contributed by atoms with van der Waals surface area (Å²) in [5, 5.41) is 19.1. The van der Waals surface area contributed by atoms with E-state index >= 15 is 0 Å². The molecular formula is C13H24O4. The molecule has 0 aromatic heterocycles. The normalized spacial score (nSPS) is 29.2. The molecule has 1 aliphatic carbocycles. The first-order chi connectivity index (χ1) is 8.07. The van der Waals surface area contributed by atoms with Crippen molar-refractivity contribution in [3.05, 3.63) is 0 Å². The molecule has 1 rings (SSSR count). The lowest BCUT2D eigenvalue weighted by atomic mass is 9.79. The van der Waals surface area contributed by atoms with Crippen LogP contribution >= 0.6 is 0 Å². The van der Waals surface area contributed by atoms with Crippen molar-refractivity contribution in [2.24, 2.45) is 5.92 Å². The van der Waals surface area contributed by atoms with E-state index < -0.39 is 11.6 Å². The first-order valence-corrected chi connectivity index (χ1v) is 6.60. The van der Waals surface area contributed by atoms with Gasteiger partial charge in [-0.3, -0.25) is 4.79 Å². The number of carbonyl (C=O) groups is 1. The smallest absolute Gasteiger partial charge is 0.306 e. The summed E-state index contributed by atoms with van der Waals surface area (Å²) in [6, 6.07) is 0. The quantitative estimate of drug-likeness (QED) is 0.674. The zero-order valence-electron chi connectivity index (χ0n) is 10.7. The minimum absolute atomic E-state index is 0.282. The first-order valence-electron chi connectivity index (χ1n) is 6.60. The number of ether oxygens (including phenoxy) is 1. The maximum absolute atomic E-state index is 10.8. The number of hydrogen-bond donors (Lipinski definition) is 2. The predicted molar refractivity (Wildman–Crippen MR) is 64.9 cm³/mol. The number of aliphatic carboxylic acids is 1. The van der Waals surface area contributed by atoms with Crippen molar-refractivity contribution in [3.63, 3.8) is 0 Å². The summed E-state index contributed by atoms with van der Waals surface area (Å²) in [6.07, 6.45) is 5.54. The minimum Gasteiger partial charge on any atom is -0.481 e. The van der Waals surface area contributed by atoms with E-state index in [1.54, 1.807) is 0 Å². The predicted octanol–water partition coefficient (Wildman–Crippen LogP) is 2.20. The third kappa shape index (κ3) is 5.04. The van der Waals surface area contributed by atoms with Gasteiger partial charge in [0.15, 0.2) is 0 Å². The SMILES string of the molecule is CCCCCOCC1(O)CCC(C(=O)O)CC1. The molecule has 0 aromatic carbocycles. The Morgan fingerprint density at radius 3 is 2.53 bits per heavy atom. The Balaban J connectivity index is 2.18. The van der Waals surface area contributed by atoms with Crippen LogP contribution in [0, 0.1) is 5.92 Å². The molecule has 100 valence electrons. The second-order valence-electron chi connectivity index (χ2n) is 5.10. The molecule has 4 heteroatoms. The number of hydrogen-bond acceptors (Lipinski definition) is 3. The van der Waals surface area contributed by atoms with Crippen molar-refractivity contribution in [1.29, 1.82) is 0 Å². The average molecular weight is 244 g/mol. The van der Waals surface area contributed by atoms with Crippen LogP contribution in [-0.4, -0.2) is 35.0 Å². The van der Waals surface area contributed by atoms with E-state index in [4.69, 9.17) is 9.84 Å². The highest BCUT2D eigenvalue weighted by Crippen LogP contribution is 2.32.